The van der Waals surface area contributed by atoms with Gasteiger partial charge >= 0.3 is 5.97 Å². The van der Waals surface area contributed by atoms with Gasteiger partial charge in [0.25, 0.3) is 0 Å². The molecule has 0 bridgehead atoms. The Balaban J connectivity index is 2.10. The van der Waals surface area contributed by atoms with E-state index in [4.69, 9.17) is 0 Å². The van der Waals surface area contributed by atoms with Crippen LogP contribution >= 0.6 is 27.3 Å². The van der Waals surface area contributed by atoms with E-state index in [-0.39, 0.29) is 0 Å². The number of carboxylic acids is 1. The van der Waals surface area contributed by atoms with Crippen molar-refractivity contribution in [3.63, 3.8) is 0 Å². The van der Waals surface area contributed by atoms with E-state index in [9.17, 15) is 9.90 Å². The number of aryl methyl sites for hydroxylation is 1. The predicted molar refractivity (Wildman–Crippen MR) is 88.7 cm³/mol. The molecule has 1 aromatic carbocycles. The van der Waals surface area contributed by atoms with Crippen molar-refractivity contribution in [2.45, 2.75) is 6.92 Å². The number of nitrogens with zero attached hydrogens (tertiary/aromatic N) is 1. The van der Waals surface area contributed by atoms with E-state index < -0.39 is 5.97 Å². The summed E-state index contributed by atoms with van der Waals surface area (Å²) in [5.74, 6) is -0.900. The summed E-state index contributed by atoms with van der Waals surface area (Å²) in [4.78, 5) is 15.8. The molecule has 0 radical (unpaired) electrons. The second-order valence-corrected chi connectivity index (χ2v) is 6.52. The predicted octanol–water partition coefficient (Wildman–Crippen LogP) is 4.81. The van der Waals surface area contributed by atoms with E-state index in [0.717, 1.165) is 31.5 Å². The maximum atomic E-state index is 11.3. The van der Waals surface area contributed by atoms with Crippen molar-refractivity contribution in [3.8, 4) is 0 Å². The van der Waals surface area contributed by atoms with Gasteiger partial charge in [0.15, 0.2) is 0 Å². The molecule has 4 nitrogen and oxygen atoms in total. The molecule has 0 saturated carbocycles. The molecule has 0 aliphatic carbocycles. The highest BCUT2D eigenvalue weighted by atomic mass is 79.9. The van der Waals surface area contributed by atoms with Gasteiger partial charge in [-0.2, -0.15) is 0 Å². The molecule has 3 rings (SSSR count). The first-order valence-corrected chi connectivity index (χ1v) is 7.80. The number of carboxylic acid groups (broad SMARTS) is 1. The lowest BCUT2D eigenvalue weighted by Crippen LogP contribution is -1.95. The minimum Gasteiger partial charge on any atom is -0.477 e. The van der Waals surface area contributed by atoms with Crippen LogP contribution in [0, 0.1) is 6.92 Å². The van der Waals surface area contributed by atoms with Crippen LogP contribution in [-0.4, -0.2) is 16.1 Å². The number of aromatic carboxylic acids is 1. The molecule has 0 fully saturated rings. The molecular formula is C15H11BrN2O2S. The smallest absolute Gasteiger partial charge is 0.346 e. The Morgan fingerprint density at radius 3 is 2.67 bits per heavy atom. The standard InChI is InChI=1S/C15H11BrN2O2S/c1-8-13-11(18-10-4-2-9(16)3-5-10)6-17-7-12(13)21-14(8)15(19)20/h2-7,18H,1H3,(H,19,20). The van der Waals surface area contributed by atoms with Crippen LogP contribution in [0.25, 0.3) is 10.1 Å². The van der Waals surface area contributed by atoms with E-state index in [2.05, 4.69) is 26.2 Å². The van der Waals surface area contributed by atoms with Gasteiger partial charge in [-0.15, -0.1) is 11.3 Å². The fourth-order valence-corrected chi connectivity index (χ4v) is 3.50. The summed E-state index contributed by atoms with van der Waals surface area (Å²) >= 11 is 4.65. The summed E-state index contributed by atoms with van der Waals surface area (Å²) in [5.41, 5.74) is 2.51. The van der Waals surface area contributed by atoms with E-state index >= 15 is 0 Å². The molecule has 3 aromatic rings. The highest BCUT2D eigenvalue weighted by molar-refractivity contribution is 9.10. The van der Waals surface area contributed by atoms with E-state index in [1.54, 1.807) is 12.4 Å². The Labute approximate surface area is 133 Å². The van der Waals surface area contributed by atoms with Crippen molar-refractivity contribution in [3.05, 3.63) is 51.6 Å². The molecule has 0 spiro atoms. The summed E-state index contributed by atoms with van der Waals surface area (Å²) in [5, 5.41) is 13.5. The quantitative estimate of drug-likeness (QED) is 0.701. The third-order valence-corrected chi connectivity index (χ3v) is 4.90. The van der Waals surface area contributed by atoms with E-state index in [1.807, 2.05) is 31.2 Å². The molecule has 2 heterocycles. The van der Waals surface area contributed by atoms with E-state index in [0.29, 0.717) is 4.88 Å². The van der Waals surface area contributed by atoms with Crippen molar-refractivity contribution in [2.75, 3.05) is 5.32 Å². The van der Waals surface area contributed by atoms with Gasteiger partial charge < -0.3 is 10.4 Å². The molecule has 2 aromatic heterocycles. The highest BCUT2D eigenvalue weighted by Crippen LogP contribution is 2.36. The molecule has 21 heavy (non-hydrogen) atoms. The van der Waals surface area contributed by atoms with Gasteiger partial charge in [-0.1, -0.05) is 15.9 Å². The molecule has 0 aliphatic rings. The Kier molecular flexibility index (Phi) is 3.65. The number of hydrogen-bond donors (Lipinski definition) is 2. The van der Waals surface area contributed by atoms with Crippen molar-refractivity contribution in [1.82, 2.24) is 4.98 Å². The van der Waals surface area contributed by atoms with Crippen molar-refractivity contribution in [1.29, 1.82) is 0 Å². The minimum absolute atomic E-state index is 0.358. The molecule has 0 aliphatic heterocycles. The van der Waals surface area contributed by atoms with Gasteiger partial charge in [0.1, 0.15) is 4.88 Å². The van der Waals surface area contributed by atoms with Crippen LogP contribution in [0.5, 0.6) is 0 Å². The number of pyridine rings is 1. The molecule has 0 amide bonds. The summed E-state index contributed by atoms with van der Waals surface area (Å²) in [6, 6.07) is 7.78. The number of anilines is 2. The summed E-state index contributed by atoms with van der Waals surface area (Å²) in [6.45, 7) is 1.83. The second kappa shape index (κ2) is 5.46. The van der Waals surface area contributed by atoms with Gasteiger partial charge in [0, 0.05) is 21.7 Å². The molecule has 0 atom stereocenters. The average Bonchev–Trinajstić information content (AvgIpc) is 2.80. The van der Waals surface area contributed by atoms with E-state index in [1.165, 1.54) is 11.3 Å². The number of nitrogens with one attached hydrogen (secondary N) is 1. The second-order valence-electron chi connectivity index (χ2n) is 4.55. The molecule has 6 heteroatoms. The van der Waals surface area contributed by atoms with Crippen molar-refractivity contribution >= 4 is 54.7 Å². The normalized spacial score (nSPS) is 10.8. The van der Waals surface area contributed by atoms with Gasteiger partial charge in [-0.05, 0) is 36.8 Å². The zero-order valence-corrected chi connectivity index (χ0v) is 13.5. The minimum atomic E-state index is -0.900. The number of aromatic nitrogens is 1. The van der Waals surface area contributed by atoms with Crippen molar-refractivity contribution in [2.24, 2.45) is 0 Å². The number of benzene rings is 1. The van der Waals surface area contributed by atoms with Gasteiger partial charge in [-0.25, -0.2) is 4.79 Å². The SMILES string of the molecule is Cc1c(C(=O)O)sc2cncc(Nc3ccc(Br)cc3)c12. The van der Waals surface area contributed by atoms with Crippen LogP contribution in [0.3, 0.4) is 0 Å². The number of fused-ring (bicyclic) bond motifs is 1. The molecule has 0 saturated heterocycles. The Bertz CT molecular complexity index is 828. The van der Waals surface area contributed by atoms with Gasteiger partial charge in [0.05, 0.1) is 16.6 Å². The van der Waals surface area contributed by atoms with Gasteiger partial charge in [-0.3, -0.25) is 4.98 Å². The topological polar surface area (TPSA) is 62.2 Å². The molecule has 2 N–H and O–H groups in total. The maximum Gasteiger partial charge on any atom is 0.346 e. The summed E-state index contributed by atoms with van der Waals surface area (Å²) < 4.78 is 1.87. The highest BCUT2D eigenvalue weighted by Gasteiger charge is 2.17. The Morgan fingerprint density at radius 2 is 2.00 bits per heavy atom. The Morgan fingerprint density at radius 1 is 1.29 bits per heavy atom. The summed E-state index contributed by atoms with van der Waals surface area (Å²) in [6.07, 6.45) is 3.42. The number of carbonyl (C=O) groups is 1. The average molecular weight is 363 g/mol. The number of rotatable bonds is 3. The Hall–Kier alpha value is -1.92. The lowest BCUT2D eigenvalue weighted by atomic mass is 10.1. The molecular weight excluding hydrogens is 352 g/mol. The fraction of sp³-hybridized carbons (Fsp3) is 0.0667. The maximum absolute atomic E-state index is 11.3. The number of thiophene rings is 1. The van der Waals surface area contributed by atoms with Crippen molar-refractivity contribution < 1.29 is 9.90 Å². The zero-order chi connectivity index (χ0) is 15.0. The van der Waals surface area contributed by atoms with Crippen LogP contribution in [0.1, 0.15) is 15.2 Å². The van der Waals surface area contributed by atoms with Crippen LogP contribution in [-0.2, 0) is 0 Å². The van der Waals surface area contributed by atoms with Crippen LogP contribution in [0.15, 0.2) is 41.1 Å². The van der Waals surface area contributed by atoms with Crippen LogP contribution in [0.4, 0.5) is 11.4 Å². The third kappa shape index (κ3) is 2.64. The lowest BCUT2D eigenvalue weighted by Gasteiger charge is -2.08. The lowest BCUT2D eigenvalue weighted by molar-refractivity contribution is 0.0701. The van der Waals surface area contributed by atoms with Gasteiger partial charge in [0.2, 0.25) is 0 Å². The van der Waals surface area contributed by atoms with Crippen LogP contribution < -0.4 is 5.32 Å². The summed E-state index contributed by atoms with van der Waals surface area (Å²) in [7, 11) is 0. The number of hydrogen-bond acceptors (Lipinski definition) is 4. The first-order valence-electron chi connectivity index (χ1n) is 6.19. The first-order chi connectivity index (χ1) is 10.1. The zero-order valence-electron chi connectivity index (χ0n) is 11.1. The molecule has 0 unspecified atom stereocenters. The van der Waals surface area contributed by atoms with Crippen LogP contribution in [0.2, 0.25) is 0 Å². The number of halogens is 1. The fourth-order valence-electron chi connectivity index (χ4n) is 2.19. The largest absolute Gasteiger partial charge is 0.477 e. The monoisotopic (exact) mass is 362 g/mol. The first kappa shape index (κ1) is 14.0. The molecule has 106 valence electrons. The third-order valence-electron chi connectivity index (χ3n) is 3.16.